The summed E-state index contributed by atoms with van der Waals surface area (Å²) >= 11 is 0. The van der Waals surface area contributed by atoms with Gasteiger partial charge in [0, 0.05) is 17.8 Å². The number of fused-ring (bicyclic) bond motifs is 1. The molecule has 0 fully saturated rings. The quantitative estimate of drug-likeness (QED) is 0.897. The maximum atomic E-state index is 12.5. The van der Waals surface area contributed by atoms with E-state index in [-0.39, 0.29) is 5.91 Å². The first kappa shape index (κ1) is 18.0. The Morgan fingerprint density at radius 3 is 2.62 bits per heavy atom. The molecule has 6 nitrogen and oxygen atoms in total. The van der Waals surface area contributed by atoms with E-state index in [1.807, 2.05) is 0 Å². The molecule has 26 heavy (non-hydrogen) atoms. The Morgan fingerprint density at radius 1 is 1.23 bits per heavy atom. The minimum absolute atomic E-state index is 0.252. The van der Waals surface area contributed by atoms with Gasteiger partial charge in [-0.1, -0.05) is 12.1 Å². The van der Waals surface area contributed by atoms with Crippen LogP contribution in [-0.2, 0) is 22.9 Å². The predicted octanol–water partition coefficient (Wildman–Crippen LogP) is 2.72. The van der Waals surface area contributed by atoms with E-state index in [2.05, 4.69) is 11.4 Å². The van der Waals surface area contributed by atoms with Gasteiger partial charge in [0.25, 0.3) is 5.91 Å². The van der Waals surface area contributed by atoms with Crippen LogP contribution in [0.3, 0.4) is 0 Å². The molecule has 0 saturated heterocycles. The number of rotatable bonds is 4. The average molecular weight is 369 g/mol. The summed E-state index contributed by atoms with van der Waals surface area (Å²) in [5.41, 5.74) is 3.53. The van der Waals surface area contributed by atoms with Crippen molar-refractivity contribution in [1.82, 2.24) is 0 Å². The minimum atomic E-state index is -3.32. The molecule has 1 amide bonds. The summed E-state index contributed by atoms with van der Waals surface area (Å²) in [6, 6.07) is 14.3. The second kappa shape index (κ2) is 7.18. The van der Waals surface area contributed by atoms with Crippen molar-refractivity contribution in [3.63, 3.8) is 0 Å². The molecule has 2 aromatic rings. The van der Waals surface area contributed by atoms with Crippen LogP contribution in [0.1, 0.15) is 27.9 Å². The summed E-state index contributed by atoms with van der Waals surface area (Å²) < 4.78 is 25.2. The number of nitrogens with zero attached hydrogens (tertiary/aromatic N) is 2. The van der Waals surface area contributed by atoms with E-state index in [1.54, 1.807) is 42.5 Å². The third-order valence-corrected chi connectivity index (χ3v) is 5.49. The average Bonchev–Trinajstić information content (AvgIpc) is 2.61. The van der Waals surface area contributed by atoms with Crippen LogP contribution >= 0.6 is 0 Å². The van der Waals surface area contributed by atoms with Crippen LogP contribution in [0.2, 0.25) is 0 Å². The van der Waals surface area contributed by atoms with Gasteiger partial charge in [-0.05, 0) is 54.3 Å². The summed E-state index contributed by atoms with van der Waals surface area (Å²) in [7, 11) is -3.32. The molecule has 0 aromatic heterocycles. The summed E-state index contributed by atoms with van der Waals surface area (Å²) in [6.07, 6.45) is 2.99. The normalized spacial score (nSPS) is 13.6. The van der Waals surface area contributed by atoms with Crippen molar-refractivity contribution in [2.45, 2.75) is 19.3 Å². The maximum Gasteiger partial charge on any atom is 0.255 e. The van der Waals surface area contributed by atoms with Crippen molar-refractivity contribution in [2.75, 3.05) is 22.4 Å². The fraction of sp³-hybridized carbons (Fsp3) is 0.263. The van der Waals surface area contributed by atoms with Crippen molar-refractivity contribution >= 4 is 27.3 Å². The van der Waals surface area contributed by atoms with Gasteiger partial charge in [-0.2, -0.15) is 5.26 Å². The number of carbonyl (C=O) groups is 1. The van der Waals surface area contributed by atoms with Gasteiger partial charge in [0.1, 0.15) is 0 Å². The number of benzene rings is 2. The standard InChI is InChI=1S/C19H19N3O3S/c1-26(24,25)22-12-2-3-15-13-16(6-9-18(15)22)19(23)21-17-7-4-14(5-8-17)10-11-20/h4-9,13H,2-3,10,12H2,1H3,(H,21,23). The van der Waals surface area contributed by atoms with Gasteiger partial charge in [-0.15, -0.1) is 0 Å². The highest BCUT2D eigenvalue weighted by Crippen LogP contribution is 2.30. The highest BCUT2D eigenvalue weighted by Gasteiger charge is 2.24. The Morgan fingerprint density at radius 2 is 1.96 bits per heavy atom. The third-order valence-electron chi connectivity index (χ3n) is 4.31. The molecule has 0 spiro atoms. The molecular weight excluding hydrogens is 350 g/mol. The van der Waals surface area contributed by atoms with Crippen LogP contribution in [0, 0.1) is 11.3 Å². The Hall–Kier alpha value is -2.85. The lowest BCUT2D eigenvalue weighted by Crippen LogP contribution is -2.34. The zero-order chi connectivity index (χ0) is 18.7. The van der Waals surface area contributed by atoms with Crippen molar-refractivity contribution in [2.24, 2.45) is 0 Å². The first-order valence-electron chi connectivity index (χ1n) is 8.26. The number of sulfonamides is 1. The number of anilines is 2. The number of nitrogens with one attached hydrogen (secondary N) is 1. The van der Waals surface area contributed by atoms with Gasteiger partial charge in [0.15, 0.2) is 0 Å². The van der Waals surface area contributed by atoms with Crippen molar-refractivity contribution in [3.05, 3.63) is 59.2 Å². The first-order valence-corrected chi connectivity index (χ1v) is 10.1. The first-order chi connectivity index (χ1) is 12.4. The highest BCUT2D eigenvalue weighted by molar-refractivity contribution is 7.92. The molecule has 0 unspecified atom stereocenters. The largest absolute Gasteiger partial charge is 0.322 e. The number of nitriles is 1. The number of aryl methyl sites for hydroxylation is 1. The van der Waals surface area contributed by atoms with Crippen molar-refractivity contribution in [3.8, 4) is 6.07 Å². The molecule has 2 aromatic carbocycles. The van der Waals surface area contributed by atoms with E-state index in [0.29, 0.717) is 29.9 Å². The highest BCUT2D eigenvalue weighted by atomic mass is 32.2. The lowest BCUT2D eigenvalue weighted by Gasteiger charge is -2.29. The smallest absolute Gasteiger partial charge is 0.255 e. The molecule has 0 aliphatic carbocycles. The van der Waals surface area contributed by atoms with E-state index in [0.717, 1.165) is 24.0 Å². The van der Waals surface area contributed by atoms with Crippen LogP contribution in [0.15, 0.2) is 42.5 Å². The van der Waals surface area contributed by atoms with Gasteiger partial charge >= 0.3 is 0 Å². The number of hydrogen-bond donors (Lipinski definition) is 1. The molecule has 0 saturated carbocycles. The SMILES string of the molecule is CS(=O)(=O)N1CCCc2cc(C(=O)Nc3ccc(CC#N)cc3)ccc21. The molecule has 3 rings (SSSR count). The van der Waals surface area contributed by atoms with E-state index in [1.165, 1.54) is 10.6 Å². The molecule has 0 bridgehead atoms. The summed E-state index contributed by atoms with van der Waals surface area (Å²) in [5.74, 6) is -0.252. The fourth-order valence-corrected chi connectivity index (χ4v) is 4.04. The van der Waals surface area contributed by atoms with Gasteiger partial charge in [-0.3, -0.25) is 9.10 Å². The molecular formula is C19H19N3O3S. The van der Waals surface area contributed by atoms with Crippen molar-refractivity contribution in [1.29, 1.82) is 5.26 Å². The number of amides is 1. The predicted molar refractivity (Wildman–Crippen MR) is 101 cm³/mol. The topological polar surface area (TPSA) is 90.3 Å². The zero-order valence-electron chi connectivity index (χ0n) is 14.4. The molecule has 1 aliphatic heterocycles. The molecule has 0 atom stereocenters. The molecule has 0 radical (unpaired) electrons. The van der Waals surface area contributed by atoms with E-state index in [4.69, 9.17) is 5.26 Å². The van der Waals surface area contributed by atoms with Gasteiger partial charge in [0.2, 0.25) is 10.0 Å². The Balaban J connectivity index is 1.80. The minimum Gasteiger partial charge on any atom is -0.322 e. The van der Waals surface area contributed by atoms with Crippen LogP contribution in [0.4, 0.5) is 11.4 Å². The summed E-state index contributed by atoms with van der Waals surface area (Å²) in [6.45, 7) is 0.465. The van der Waals surface area contributed by atoms with Gasteiger partial charge in [0.05, 0.1) is 24.4 Å². The second-order valence-corrected chi connectivity index (χ2v) is 8.17. The maximum absolute atomic E-state index is 12.5. The second-order valence-electron chi connectivity index (χ2n) is 6.27. The number of carbonyl (C=O) groups excluding carboxylic acids is 1. The van der Waals surface area contributed by atoms with Crippen LogP contribution in [0.5, 0.6) is 0 Å². The van der Waals surface area contributed by atoms with Crippen LogP contribution < -0.4 is 9.62 Å². The lowest BCUT2D eigenvalue weighted by atomic mass is 10.0. The van der Waals surface area contributed by atoms with E-state index < -0.39 is 10.0 Å². The molecule has 7 heteroatoms. The van der Waals surface area contributed by atoms with Crippen LogP contribution in [0.25, 0.3) is 0 Å². The van der Waals surface area contributed by atoms with Gasteiger partial charge < -0.3 is 5.32 Å². The van der Waals surface area contributed by atoms with Crippen molar-refractivity contribution < 1.29 is 13.2 Å². The van der Waals surface area contributed by atoms with E-state index >= 15 is 0 Å². The lowest BCUT2D eigenvalue weighted by molar-refractivity contribution is 0.102. The molecule has 1 heterocycles. The Kier molecular flexibility index (Phi) is 4.96. The Bertz CT molecular complexity index is 976. The summed E-state index contributed by atoms with van der Waals surface area (Å²) in [4.78, 5) is 12.5. The molecule has 134 valence electrons. The number of hydrogen-bond acceptors (Lipinski definition) is 4. The summed E-state index contributed by atoms with van der Waals surface area (Å²) in [5, 5.41) is 11.5. The monoisotopic (exact) mass is 369 g/mol. The molecule has 1 N–H and O–H groups in total. The zero-order valence-corrected chi connectivity index (χ0v) is 15.2. The molecule has 1 aliphatic rings. The van der Waals surface area contributed by atoms with E-state index in [9.17, 15) is 13.2 Å². The van der Waals surface area contributed by atoms with Gasteiger partial charge in [-0.25, -0.2) is 8.42 Å². The third kappa shape index (κ3) is 3.86. The fourth-order valence-electron chi connectivity index (χ4n) is 3.05. The Labute approximate surface area is 153 Å². The van der Waals surface area contributed by atoms with Crippen LogP contribution in [-0.4, -0.2) is 27.1 Å².